The molecule has 0 amide bonds. The molecule has 1 aliphatic carbocycles. The highest BCUT2D eigenvalue weighted by atomic mass is 35.5. The largest absolute Gasteiger partial charge is 0.619 e. The molecule has 1 unspecified atom stereocenters. The van der Waals surface area contributed by atoms with Crippen LogP contribution in [0.3, 0.4) is 0 Å². The van der Waals surface area contributed by atoms with E-state index in [9.17, 15) is 45.2 Å². The Kier molecular flexibility index (Phi) is 15.6. The van der Waals surface area contributed by atoms with Crippen molar-refractivity contribution in [1.29, 1.82) is 0 Å². The standard InChI is InChI=1S/C40H39Cl2F2N3O9S.C2HF3O2/c41-31-20-47(50)21-32(42)30(31)19-34(28-10-13-33(56-40(43)44)35(18-28)53-23-24-6-7-24)54-38(48)27-8-11-29(12-9-27)57(51,52)45-37(26-4-2-1-3-5-26)39(49)55-36-22-46-16-14-25(36)15-17-46;3-2(4,5)1(6)7/h1-5,8-13,18,20-21,24-25,34,36-37,40,45H,6-7,14-17,19,22-23H2;(H,6,7)/t34-,36-,37?;/m0./s1. The highest BCUT2D eigenvalue weighted by molar-refractivity contribution is 7.89. The number of esters is 2. The average Bonchev–Trinajstić information content (AvgIpc) is 4.08. The smallest absolute Gasteiger partial charge is 0.490 e. The van der Waals surface area contributed by atoms with Crippen LogP contribution in [0.15, 0.2) is 90.1 Å². The Labute approximate surface area is 373 Å². The van der Waals surface area contributed by atoms with Crippen molar-refractivity contribution in [2.75, 3.05) is 26.2 Å². The minimum absolute atomic E-state index is 0.00639. The summed E-state index contributed by atoms with van der Waals surface area (Å²) in [5.74, 6) is -4.07. The summed E-state index contributed by atoms with van der Waals surface area (Å²) in [4.78, 5) is 38.2. The zero-order valence-corrected chi connectivity index (χ0v) is 35.7. The van der Waals surface area contributed by atoms with E-state index in [0.717, 1.165) is 51.2 Å². The number of carboxylic acids is 1. The van der Waals surface area contributed by atoms with Crippen LogP contribution in [0.5, 0.6) is 11.5 Å². The van der Waals surface area contributed by atoms with Gasteiger partial charge in [0.05, 0.1) is 17.1 Å². The van der Waals surface area contributed by atoms with E-state index in [2.05, 4.69) is 14.4 Å². The molecule has 4 fully saturated rings. The molecule has 3 aromatic carbocycles. The summed E-state index contributed by atoms with van der Waals surface area (Å²) in [5, 5.41) is 19.1. The lowest BCUT2D eigenvalue weighted by molar-refractivity contribution is -0.605. The number of halogens is 7. The van der Waals surface area contributed by atoms with Crippen molar-refractivity contribution in [1.82, 2.24) is 9.62 Å². The van der Waals surface area contributed by atoms with Crippen LogP contribution in [-0.2, 0) is 35.5 Å². The second kappa shape index (κ2) is 20.7. The fourth-order valence-corrected chi connectivity index (χ4v) is 8.78. The molecule has 2 N–H and O–H groups in total. The molecule has 2 bridgehead atoms. The number of carboxylic acid groups (broad SMARTS) is 1. The predicted molar refractivity (Wildman–Crippen MR) is 217 cm³/mol. The van der Waals surface area contributed by atoms with Crippen molar-refractivity contribution in [3.05, 3.63) is 123 Å². The third-order valence-corrected chi connectivity index (χ3v) is 12.7. The first-order valence-electron chi connectivity index (χ1n) is 19.7. The van der Waals surface area contributed by atoms with E-state index in [1.54, 1.807) is 30.3 Å². The molecule has 4 aromatic rings. The molecule has 3 atom stereocenters. The molecule has 64 heavy (non-hydrogen) atoms. The number of carbonyl (C=O) groups is 3. The summed E-state index contributed by atoms with van der Waals surface area (Å²) in [6.07, 6.45) is -0.876. The summed E-state index contributed by atoms with van der Waals surface area (Å²) in [7, 11) is -4.34. The van der Waals surface area contributed by atoms with Gasteiger partial charge in [0.25, 0.3) is 0 Å². The number of aliphatic carboxylic acids is 1. The van der Waals surface area contributed by atoms with Crippen LogP contribution in [0.25, 0.3) is 0 Å². The first-order valence-corrected chi connectivity index (χ1v) is 21.9. The van der Waals surface area contributed by atoms with Crippen molar-refractivity contribution in [3.63, 3.8) is 0 Å². The first-order chi connectivity index (χ1) is 30.3. The SMILES string of the molecule is O=C(O)C(F)(F)F.O=C(O[C@@H](Cc1c(Cl)c[n+]([O-])cc1Cl)c1ccc(OC(F)F)c(OCC2CC2)c1)c1ccc(S(=O)(=O)NC(C(=O)O[C@H]2CN3CCC2CC3)c2ccccc2)cc1. The maximum atomic E-state index is 13.7. The molecular formula is C42H40Cl2F5N3O11S. The highest BCUT2D eigenvalue weighted by Gasteiger charge is 2.40. The number of hydrogen-bond donors (Lipinski definition) is 2. The third-order valence-electron chi connectivity index (χ3n) is 10.6. The van der Waals surface area contributed by atoms with Gasteiger partial charge >= 0.3 is 30.7 Å². The monoisotopic (exact) mass is 959 g/mol. The van der Waals surface area contributed by atoms with E-state index in [4.69, 9.17) is 47.3 Å². The quantitative estimate of drug-likeness (QED) is 0.0490. The van der Waals surface area contributed by atoms with Gasteiger partial charge in [0.1, 0.15) is 28.3 Å². The number of rotatable bonds is 16. The van der Waals surface area contributed by atoms with Gasteiger partial charge < -0.3 is 29.3 Å². The topological polar surface area (TPSA) is 185 Å². The fourth-order valence-electron chi connectivity index (χ4n) is 7.01. The number of nitrogens with zero attached hydrogens (tertiary/aromatic N) is 2. The molecule has 8 rings (SSSR count). The third kappa shape index (κ3) is 12.9. The zero-order valence-electron chi connectivity index (χ0n) is 33.4. The molecular weight excluding hydrogens is 920 g/mol. The molecule has 344 valence electrons. The van der Waals surface area contributed by atoms with Crippen molar-refractivity contribution in [2.24, 2.45) is 11.8 Å². The predicted octanol–water partition coefficient (Wildman–Crippen LogP) is 7.45. The van der Waals surface area contributed by atoms with Crippen LogP contribution in [0.2, 0.25) is 10.0 Å². The highest BCUT2D eigenvalue weighted by Crippen LogP contribution is 2.38. The van der Waals surface area contributed by atoms with Gasteiger partial charge in [-0.05, 0) is 98.1 Å². The van der Waals surface area contributed by atoms with Crippen LogP contribution in [0, 0.1) is 17.0 Å². The van der Waals surface area contributed by atoms with E-state index in [-0.39, 0.29) is 68.5 Å². The fraction of sp³-hybridized carbons (Fsp3) is 0.381. The number of pyridine rings is 1. The van der Waals surface area contributed by atoms with Gasteiger partial charge in [-0.15, -0.1) is 0 Å². The second-order valence-electron chi connectivity index (χ2n) is 15.1. The molecule has 3 saturated heterocycles. The van der Waals surface area contributed by atoms with Gasteiger partial charge in [0.2, 0.25) is 10.0 Å². The van der Waals surface area contributed by atoms with Gasteiger partial charge in [0, 0.05) is 18.5 Å². The molecule has 0 radical (unpaired) electrons. The number of fused-ring (bicyclic) bond motifs is 3. The maximum Gasteiger partial charge on any atom is 0.490 e. The Balaban J connectivity index is 0.000000898. The number of alkyl halides is 5. The zero-order chi connectivity index (χ0) is 46.3. The van der Waals surface area contributed by atoms with Crippen LogP contribution < -0.4 is 18.9 Å². The van der Waals surface area contributed by atoms with Crippen LogP contribution >= 0.6 is 23.2 Å². The average molecular weight is 961 g/mol. The minimum Gasteiger partial charge on any atom is -0.619 e. The number of nitrogens with one attached hydrogen (secondary N) is 1. The Morgan fingerprint density at radius 3 is 2.08 bits per heavy atom. The number of carbonyl (C=O) groups excluding carboxylic acids is 2. The van der Waals surface area contributed by atoms with Crippen molar-refractivity contribution in [3.8, 4) is 11.5 Å². The number of piperidine rings is 3. The summed E-state index contributed by atoms with van der Waals surface area (Å²) in [6, 6.07) is 16.1. The summed E-state index contributed by atoms with van der Waals surface area (Å²) in [5.41, 5.74) is 0.939. The molecule has 1 aromatic heterocycles. The minimum atomic E-state index is -5.08. The summed E-state index contributed by atoms with van der Waals surface area (Å²) >= 11 is 12.8. The Morgan fingerprint density at radius 1 is 0.906 bits per heavy atom. The maximum absolute atomic E-state index is 13.7. The van der Waals surface area contributed by atoms with E-state index in [1.165, 1.54) is 42.5 Å². The Bertz CT molecular complexity index is 2380. The van der Waals surface area contributed by atoms with E-state index < -0.39 is 52.9 Å². The van der Waals surface area contributed by atoms with Crippen LogP contribution in [0.1, 0.15) is 64.9 Å². The molecule has 4 heterocycles. The van der Waals surface area contributed by atoms with Crippen molar-refractivity contribution in [2.45, 2.75) is 68.0 Å². The van der Waals surface area contributed by atoms with Crippen molar-refractivity contribution >= 4 is 51.1 Å². The molecule has 22 heteroatoms. The van der Waals surface area contributed by atoms with Crippen LogP contribution in [0.4, 0.5) is 22.0 Å². The lowest BCUT2D eigenvalue weighted by Gasteiger charge is -2.44. The number of sulfonamides is 1. The first kappa shape index (κ1) is 48.2. The molecule has 14 nitrogen and oxygen atoms in total. The van der Waals surface area contributed by atoms with Crippen molar-refractivity contribution < 1.29 is 73.5 Å². The molecule has 4 aliphatic rings. The molecule has 3 aliphatic heterocycles. The number of aromatic nitrogens is 1. The number of ether oxygens (including phenoxy) is 4. The number of benzene rings is 3. The van der Waals surface area contributed by atoms with E-state index in [0.29, 0.717) is 22.4 Å². The summed E-state index contributed by atoms with van der Waals surface area (Å²) < 4.78 is 111. The van der Waals surface area contributed by atoms with Gasteiger partial charge in [-0.25, -0.2) is 22.8 Å². The molecule has 0 spiro atoms. The Hall–Kier alpha value is -5.28. The normalized spacial score (nSPS) is 19.2. The molecule has 1 saturated carbocycles. The van der Waals surface area contributed by atoms with Gasteiger partial charge in [0.15, 0.2) is 23.9 Å². The number of hydrogen-bond acceptors (Lipinski definition) is 11. The lowest BCUT2D eigenvalue weighted by atomic mass is 9.86. The van der Waals surface area contributed by atoms with Gasteiger partial charge in [-0.1, -0.05) is 59.6 Å². The van der Waals surface area contributed by atoms with Gasteiger partial charge in [-0.2, -0.15) is 31.4 Å². The second-order valence-corrected chi connectivity index (χ2v) is 17.7. The van der Waals surface area contributed by atoms with E-state index in [1.807, 2.05) is 0 Å². The van der Waals surface area contributed by atoms with Crippen LogP contribution in [-0.4, -0.2) is 81.5 Å². The van der Waals surface area contributed by atoms with Gasteiger partial charge in [-0.3, -0.25) is 4.90 Å². The van der Waals surface area contributed by atoms with E-state index >= 15 is 0 Å². The summed E-state index contributed by atoms with van der Waals surface area (Å²) in [6.45, 7) is -0.368. The lowest BCUT2D eigenvalue weighted by Crippen LogP contribution is -2.52. The Morgan fingerprint density at radius 2 is 1.53 bits per heavy atom.